The van der Waals surface area contributed by atoms with E-state index in [2.05, 4.69) is 69.2 Å². The molecule has 4 bridgehead atoms. The quantitative estimate of drug-likeness (QED) is 0.129. The molecule has 5 fully saturated rings. The number of para-hydroxylation sites is 1. The normalized spacial score (nSPS) is 34.5. The summed E-state index contributed by atoms with van der Waals surface area (Å²) in [4.78, 5) is 15.2. The second kappa shape index (κ2) is 22.3. The molecule has 4 saturated carbocycles. The number of ketones is 1. The number of benzene rings is 2. The van der Waals surface area contributed by atoms with Gasteiger partial charge in [-0.2, -0.15) is 0 Å². The van der Waals surface area contributed by atoms with Crippen molar-refractivity contribution in [3.8, 4) is 17.2 Å². The third kappa shape index (κ3) is 12.4. The van der Waals surface area contributed by atoms with Crippen molar-refractivity contribution in [1.29, 1.82) is 0 Å². The molecule has 2 aromatic rings. The first-order valence-corrected chi connectivity index (χ1v) is 27.3. The molecule has 0 amide bonds. The van der Waals surface area contributed by atoms with E-state index >= 15 is 4.79 Å². The number of hydrogen-bond acceptors (Lipinski definition) is 8. The minimum absolute atomic E-state index is 0.00122. The minimum atomic E-state index is -1.89. The number of hydrogen-bond donors (Lipinski definition) is 0. The van der Waals surface area contributed by atoms with E-state index in [9.17, 15) is 0 Å². The van der Waals surface area contributed by atoms with E-state index in [0.29, 0.717) is 99.4 Å². The Labute approximate surface area is 384 Å². The molecule has 352 valence electrons. The van der Waals surface area contributed by atoms with Gasteiger partial charge in [-0.3, -0.25) is 22.9 Å². The zero-order valence-electron chi connectivity index (χ0n) is 40.6. The van der Waals surface area contributed by atoms with E-state index in [-0.39, 0.29) is 30.2 Å². The highest BCUT2D eigenvalue weighted by Gasteiger charge is 2.44. The van der Waals surface area contributed by atoms with E-state index in [1.165, 1.54) is 44.9 Å². The molecular weight excluding hydrogens is 827 g/mol. The zero-order chi connectivity index (χ0) is 44.9. The van der Waals surface area contributed by atoms with E-state index in [4.69, 9.17) is 31.9 Å². The highest BCUT2D eigenvalue weighted by molar-refractivity contribution is 7.42. The predicted molar refractivity (Wildman–Crippen MR) is 256 cm³/mol. The summed E-state index contributed by atoms with van der Waals surface area (Å²) >= 11 is 0. The first kappa shape index (κ1) is 49.1. The van der Waals surface area contributed by atoms with Crippen LogP contribution in [0.25, 0.3) is 0 Å². The lowest BCUT2D eigenvalue weighted by Crippen LogP contribution is -2.40. The average molecular weight is 909 g/mol. The molecule has 1 saturated heterocycles. The molecule has 1 aliphatic heterocycles. The lowest BCUT2D eigenvalue weighted by atomic mass is 9.68. The van der Waals surface area contributed by atoms with Crippen LogP contribution in [0.2, 0.25) is 0 Å². The fraction of sp³-hybridized carbons (Fsp3) is 0.755. The van der Waals surface area contributed by atoms with Gasteiger partial charge in [-0.25, -0.2) is 0 Å². The summed E-state index contributed by atoms with van der Waals surface area (Å²) in [6.07, 6.45) is 14.9. The first-order valence-electron chi connectivity index (χ1n) is 25.1. The van der Waals surface area contributed by atoms with Crippen molar-refractivity contribution in [3.05, 3.63) is 53.6 Å². The molecule has 4 unspecified atom stereocenters. The Hall–Kier alpha value is -1.79. The summed E-state index contributed by atoms with van der Waals surface area (Å²) in [5.74, 6) is 7.30. The van der Waals surface area contributed by atoms with Crippen molar-refractivity contribution in [2.75, 3.05) is 7.11 Å². The Bertz CT molecular complexity index is 1700. The molecule has 2 aromatic carbocycles. The van der Waals surface area contributed by atoms with Crippen LogP contribution in [0, 0.1) is 71.0 Å². The van der Waals surface area contributed by atoms with Crippen LogP contribution in [0.5, 0.6) is 17.2 Å². The molecule has 63 heavy (non-hydrogen) atoms. The first-order chi connectivity index (χ1) is 30.2. The van der Waals surface area contributed by atoms with Crippen molar-refractivity contribution in [2.24, 2.45) is 71.0 Å². The number of methoxy groups -OCH3 is 1. The average Bonchev–Trinajstić information content (AvgIpc) is 3.23. The van der Waals surface area contributed by atoms with Crippen molar-refractivity contribution in [3.63, 3.8) is 0 Å². The smallest absolute Gasteiger partial charge is 0.397 e. The fourth-order valence-electron chi connectivity index (χ4n) is 12.1. The van der Waals surface area contributed by atoms with Gasteiger partial charge >= 0.3 is 17.2 Å². The molecule has 0 N–H and O–H groups in total. The molecule has 5 aliphatic rings. The van der Waals surface area contributed by atoms with Gasteiger partial charge in [0.1, 0.15) is 17.2 Å². The molecule has 10 heteroatoms. The third-order valence-corrected chi connectivity index (χ3v) is 18.5. The maximum atomic E-state index is 15.2. The van der Waals surface area contributed by atoms with Gasteiger partial charge in [0, 0.05) is 6.07 Å². The topological polar surface area (TPSA) is 81.7 Å². The summed E-state index contributed by atoms with van der Waals surface area (Å²) in [6, 6.07) is 13.0. The summed E-state index contributed by atoms with van der Waals surface area (Å²) < 4.78 is 48.1. The van der Waals surface area contributed by atoms with E-state index < -0.39 is 17.2 Å². The standard InChI is InChI=1S/C53H82O8P2/c1-32(2)41-21-16-36(9)26-48(41)57-63(58-49-27-37(10)17-22-42(49)33(3)4)61-52-31-40(55-11)20-25-46(52)53(54)45-14-12-13-15-47(45)56-62-59-50-29-38(18-23-43(50)34(5)6)28-39-19-24-44(35(7)8)51(30-39)60-62/h12-15,20,25,31-39,41-44,48-51H,16-19,21-24,26-30H2,1-11H3/t36-,37-,38+,39+,41+,42?,43+,44?,48-,49-,50-,51-,62?,63?/m1/s1. The molecule has 4 aliphatic carbocycles. The van der Waals surface area contributed by atoms with E-state index in [1.54, 1.807) is 7.11 Å². The molecular formula is C53H82O8P2. The number of carbonyl (C=O) groups excluding carboxylic acids is 1. The molecule has 8 nitrogen and oxygen atoms in total. The monoisotopic (exact) mass is 909 g/mol. The molecule has 14 atom stereocenters. The van der Waals surface area contributed by atoms with Gasteiger partial charge in [0.25, 0.3) is 0 Å². The highest BCUT2D eigenvalue weighted by Crippen LogP contribution is 2.56. The molecule has 7 rings (SSSR count). The predicted octanol–water partition coefficient (Wildman–Crippen LogP) is 15.4. The summed E-state index contributed by atoms with van der Waals surface area (Å²) in [5, 5.41) is 0. The van der Waals surface area contributed by atoms with Crippen molar-refractivity contribution < 1.29 is 36.7 Å². The number of rotatable bonds is 15. The maximum absolute atomic E-state index is 15.2. The van der Waals surface area contributed by atoms with Gasteiger partial charge in [0.15, 0.2) is 0 Å². The van der Waals surface area contributed by atoms with Crippen LogP contribution in [0.3, 0.4) is 0 Å². The van der Waals surface area contributed by atoms with Crippen molar-refractivity contribution in [1.82, 2.24) is 0 Å². The maximum Gasteiger partial charge on any atom is 0.397 e. The Morgan fingerprint density at radius 2 is 1.10 bits per heavy atom. The van der Waals surface area contributed by atoms with Crippen LogP contribution in [0.15, 0.2) is 42.5 Å². The largest absolute Gasteiger partial charge is 0.497 e. The van der Waals surface area contributed by atoms with Gasteiger partial charge in [0.05, 0.1) is 42.7 Å². The van der Waals surface area contributed by atoms with E-state index in [1.807, 2.05) is 42.5 Å². The lowest BCUT2D eigenvalue weighted by molar-refractivity contribution is -0.0272. The van der Waals surface area contributed by atoms with Crippen LogP contribution in [0.1, 0.15) is 169 Å². The molecule has 0 aromatic heterocycles. The Morgan fingerprint density at radius 3 is 1.60 bits per heavy atom. The SMILES string of the molecule is COc1ccc(C(=O)c2ccccc2OP2O[C@@H]3C[C@@H](CCC3C(C)C)C[C@@H]3CC[C@@H](C(C)C)[C@@H](C3)O2)c(OP(O[C@@H]2C[C@H](C)CCC2C(C)C)O[C@@H]2C[C@H](C)CC[C@H]2C(C)C)c1. The van der Waals surface area contributed by atoms with Crippen LogP contribution in [0.4, 0.5) is 0 Å². The number of carbonyl (C=O) groups is 1. The van der Waals surface area contributed by atoms with Crippen LogP contribution < -0.4 is 13.8 Å². The number of fused-ring (bicyclic) bond motifs is 4. The number of ether oxygens (including phenoxy) is 1. The van der Waals surface area contributed by atoms with Gasteiger partial charge in [-0.1, -0.05) is 94.2 Å². The fourth-order valence-corrected chi connectivity index (χ4v) is 14.9. The highest BCUT2D eigenvalue weighted by atomic mass is 31.2. The Kier molecular flexibility index (Phi) is 17.4. The van der Waals surface area contributed by atoms with Crippen LogP contribution in [-0.2, 0) is 18.1 Å². The van der Waals surface area contributed by atoms with Gasteiger partial charge in [-0.15, -0.1) is 0 Å². The zero-order valence-corrected chi connectivity index (χ0v) is 42.4. The summed E-state index contributed by atoms with van der Waals surface area (Å²) in [7, 11) is -2.06. The second-order valence-corrected chi connectivity index (χ2v) is 24.1. The minimum Gasteiger partial charge on any atom is -0.497 e. The van der Waals surface area contributed by atoms with Gasteiger partial charge < -0.3 is 13.8 Å². The Morgan fingerprint density at radius 1 is 0.603 bits per heavy atom. The van der Waals surface area contributed by atoms with Crippen LogP contribution >= 0.6 is 17.2 Å². The van der Waals surface area contributed by atoms with Crippen molar-refractivity contribution in [2.45, 2.75) is 177 Å². The second-order valence-electron chi connectivity index (χ2n) is 22.0. The molecule has 0 spiro atoms. The summed E-state index contributed by atoms with van der Waals surface area (Å²) in [5.41, 5.74) is 0.850. The lowest BCUT2D eigenvalue weighted by Gasteiger charge is -2.45. The molecule has 0 radical (unpaired) electrons. The van der Waals surface area contributed by atoms with E-state index in [0.717, 1.165) is 38.5 Å². The van der Waals surface area contributed by atoms with Crippen LogP contribution in [-0.4, -0.2) is 37.3 Å². The molecule has 1 heterocycles. The summed E-state index contributed by atoms with van der Waals surface area (Å²) in [6.45, 7) is 23.1. The third-order valence-electron chi connectivity index (χ3n) is 16.0. The Balaban J connectivity index is 1.21. The van der Waals surface area contributed by atoms with Gasteiger partial charge in [-0.05, 0) is 166 Å². The van der Waals surface area contributed by atoms with Gasteiger partial charge in [0.2, 0.25) is 5.78 Å². The van der Waals surface area contributed by atoms with Crippen molar-refractivity contribution >= 4 is 23.0 Å².